The first kappa shape index (κ1) is 13.0. The number of rotatable bonds is 2. The lowest BCUT2D eigenvalue weighted by Gasteiger charge is -2.06. The fourth-order valence-electron chi connectivity index (χ4n) is 3.02. The van der Waals surface area contributed by atoms with E-state index in [-0.39, 0.29) is 0 Å². The second kappa shape index (κ2) is 5.27. The molecule has 0 aliphatic heterocycles. The van der Waals surface area contributed by atoms with Gasteiger partial charge in [0.2, 0.25) is 0 Å². The molecule has 0 aliphatic carbocycles. The molecule has 0 amide bonds. The van der Waals surface area contributed by atoms with Crippen molar-refractivity contribution in [3.63, 3.8) is 0 Å². The zero-order chi connectivity index (χ0) is 14.9. The molecular formula is C21H17N. The predicted octanol–water partition coefficient (Wildman–Crippen LogP) is 5.29. The number of fused-ring (bicyclic) bond motifs is 2. The molecule has 4 rings (SSSR count). The van der Waals surface area contributed by atoms with E-state index in [1.54, 1.807) is 0 Å². The normalized spacial score (nSPS) is 11.1. The number of hydrogen-bond donors (Lipinski definition) is 0. The van der Waals surface area contributed by atoms with Gasteiger partial charge in [0.05, 0.1) is 0 Å². The van der Waals surface area contributed by atoms with Gasteiger partial charge in [0.1, 0.15) is 0 Å². The summed E-state index contributed by atoms with van der Waals surface area (Å²) in [6.45, 7) is 2.13. The van der Waals surface area contributed by atoms with Crippen molar-refractivity contribution in [2.24, 2.45) is 0 Å². The van der Waals surface area contributed by atoms with Crippen LogP contribution < -0.4 is 0 Å². The number of hydrogen-bond acceptors (Lipinski definition) is 1. The van der Waals surface area contributed by atoms with E-state index in [0.29, 0.717) is 0 Å². The van der Waals surface area contributed by atoms with E-state index in [2.05, 4.69) is 78.6 Å². The maximum atomic E-state index is 4.64. The van der Waals surface area contributed by atoms with Crippen molar-refractivity contribution in [1.29, 1.82) is 0 Å². The topological polar surface area (TPSA) is 12.9 Å². The number of benzene rings is 3. The van der Waals surface area contributed by atoms with Crippen LogP contribution in [0.5, 0.6) is 0 Å². The van der Waals surface area contributed by atoms with Gasteiger partial charge in [-0.3, -0.25) is 4.98 Å². The summed E-state index contributed by atoms with van der Waals surface area (Å²) < 4.78 is 0. The molecule has 0 fully saturated rings. The predicted molar refractivity (Wildman–Crippen MR) is 93.2 cm³/mol. The number of nitrogens with zero attached hydrogens (tertiary/aromatic N) is 1. The van der Waals surface area contributed by atoms with Gasteiger partial charge in [-0.1, -0.05) is 60.7 Å². The Morgan fingerprint density at radius 3 is 2.50 bits per heavy atom. The van der Waals surface area contributed by atoms with Crippen molar-refractivity contribution < 1.29 is 0 Å². The molecule has 0 saturated carbocycles. The Morgan fingerprint density at radius 1 is 0.773 bits per heavy atom. The Balaban J connectivity index is 1.72. The molecule has 4 aromatic rings. The molecule has 1 nitrogen and oxygen atoms in total. The van der Waals surface area contributed by atoms with Crippen molar-refractivity contribution in [3.05, 3.63) is 89.7 Å². The summed E-state index contributed by atoms with van der Waals surface area (Å²) in [7, 11) is 0. The van der Waals surface area contributed by atoms with E-state index in [9.17, 15) is 0 Å². The zero-order valence-corrected chi connectivity index (χ0v) is 12.6. The highest BCUT2D eigenvalue weighted by atomic mass is 14.7. The quantitative estimate of drug-likeness (QED) is 0.487. The van der Waals surface area contributed by atoms with Crippen LogP contribution in [0.15, 0.2) is 72.9 Å². The van der Waals surface area contributed by atoms with Crippen LogP contribution in [-0.2, 0) is 6.42 Å². The van der Waals surface area contributed by atoms with E-state index in [4.69, 9.17) is 0 Å². The van der Waals surface area contributed by atoms with Gasteiger partial charge in [-0.05, 0) is 40.3 Å². The highest BCUT2D eigenvalue weighted by molar-refractivity contribution is 5.85. The van der Waals surface area contributed by atoms with Crippen molar-refractivity contribution >= 4 is 21.5 Å². The van der Waals surface area contributed by atoms with Crippen molar-refractivity contribution in [3.8, 4) is 0 Å². The fraction of sp³-hybridized carbons (Fsp3) is 0.0952. The first-order chi connectivity index (χ1) is 10.8. The fourth-order valence-corrected chi connectivity index (χ4v) is 3.02. The van der Waals surface area contributed by atoms with E-state index < -0.39 is 0 Å². The largest absolute Gasteiger partial charge is 0.260 e. The summed E-state index contributed by atoms with van der Waals surface area (Å²) in [6, 6.07) is 23.7. The van der Waals surface area contributed by atoms with Crippen LogP contribution in [-0.4, -0.2) is 4.98 Å². The maximum Gasteiger partial charge on any atom is 0.0453 e. The molecule has 0 radical (unpaired) electrons. The summed E-state index contributed by atoms with van der Waals surface area (Å²) in [5.74, 6) is 0. The molecule has 22 heavy (non-hydrogen) atoms. The van der Waals surface area contributed by atoms with E-state index >= 15 is 0 Å². The Labute approximate surface area is 130 Å². The van der Waals surface area contributed by atoms with Crippen LogP contribution in [0.4, 0.5) is 0 Å². The Kier molecular flexibility index (Phi) is 3.12. The van der Waals surface area contributed by atoms with E-state index in [1.807, 2.05) is 6.20 Å². The van der Waals surface area contributed by atoms with Crippen LogP contribution in [0.1, 0.15) is 16.8 Å². The van der Waals surface area contributed by atoms with Gasteiger partial charge in [0.15, 0.2) is 0 Å². The van der Waals surface area contributed by atoms with Gasteiger partial charge < -0.3 is 0 Å². The first-order valence-corrected chi connectivity index (χ1v) is 7.61. The highest BCUT2D eigenvalue weighted by Gasteiger charge is 2.03. The lowest BCUT2D eigenvalue weighted by molar-refractivity contribution is 1.09. The Morgan fingerprint density at radius 2 is 1.59 bits per heavy atom. The molecule has 0 N–H and O–H groups in total. The molecule has 1 aromatic heterocycles. The first-order valence-electron chi connectivity index (χ1n) is 7.61. The van der Waals surface area contributed by atoms with Crippen LogP contribution in [0.3, 0.4) is 0 Å². The number of aromatic nitrogens is 1. The molecule has 0 bridgehead atoms. The average Bonchev–Trinajstić information content (AvgIpc) is 2.55. The summed E-state index contributed by atoms with van der Waals surface area (Å²) in [4.78, 5) is 4.64. The second-order valence-electron chi connectivity index (χ2n) is 5.83. The van der Waals surface area contributed by atoms with Crippen molar-refractivity contribution in [2.75, 3.05) is 0 Å². The summed E-state index contributed by atoms with van der Waals surface area (Å²) in [5.41, 5.74) is 3.70. The molecule has 0 atom stereocenters. The molecule has 0 saturated heterocycles. The molecule has 0 aliphatic rings. The van der Waals surface area contributed by atoms with Gasteiger partial charge in [0, 0.05) is 23.7 Å². The third-order valence-corrected chi connectivity index (χ3v) is 4.24. The van der Waals surface area contributed by atoms with E-state index in [1.165, 1.54) is 32.7 Å². The smallest absolute Gasteiger partial charge is 0.0453 e. The van der Waals surface area contributed by atoms with Crippen LogP contribution >= 0.6 is 0 Å². The minimum atomic E-state index is 0.870. The molecule has 106 valence electrons. The summed E-state index contributed by atoms with van der Waals surface area (Å²) in [5, 5.41) is 5.08. The highest BCUT2D eigenvalue weighted by Crippen LogP contribution is 2.21. The average molecular weight is 283 g/mol. The number of pyridine rings is 1. The van der Waals surface area contributed by atoms with Gasteiger partial charge >= 0.3 is 0 Å². The monoisotopic (exact) mass is 283 g/mol. The van der Waals surface area contributed by atoms with E-state index in [0.717, 1.165) is 12.1 Å². The molecule has 0 spiro atoms. The van der Waals surface area contributed by atoms with Gasteiger partial charge in [0.25, 0.3) is 0 Å². The molecule has 1 heterocycles. The molecule has 1 heteroatoms. The molecular weight excluding hydrogens is 266 g/mol. The summed E-state index contributed by atoms with van der Waals surface area (Å²) >= 11 is 0. The maximum absolute atomic E-state index is 4.64. The Hall–Kier alpha value is -2.67. The van der Waals surface area contributed by atoms with Gasteiger partial charge in [-0.25, -0.2) is 0 Å². The lowest BCUT2D eigenvalue weighted by Crippen LogP contribution is -1.93. The molecule has 0 unspecified atom stereocenters. The second-order valence-corrected chi connectivity index (χ2v) is 5.83. The minimum Gasteiger partial charge on any atom is -0.260 e. The van der Waals surface area contributed by atoms with Gasteiger partial charge in [-0.2, -0.15) is 0 Å². The SMILES string of the molecule is Cc1cccc2cc(Cc3ccc4ccccc4c3)ncc12. The number of aryl methyl sites for hydroxylation is 1. The van der Waals surface area contributed by atoms with Crippen LogP contribution in [0, 0.1) is 6.92 Å². The van der Waals surface area contributed by atoms with Gasteiger partial charge in [-0.15, -0.1) is 0 Å². The third-order valence-electron chi connectivity index (χ3n) is 4.24. The molecule has 3 aromatic carbocycles. The lowest BCUT2D eigenvalue weighted by atomic mass is 10.0. The standard InChI is InChI=1S/C21H17N/c1-15-5-4-8-19-13-20(22-14-21(15)19)12-16-9-10-17-6-2-3-7-18(17)11-16/h2-11,13-14H,12H2,1H3. The Bertz CT molecular complexity index is 970. The zero-order valence-electron chi connectivity index (χ0n) is 12.6. The van der Waals surface area contributed by atoms with Crippen LogP contribution in [0.2, 0.25) is 0 Å². The minimum absolute atomic E-state index is 0.870. The van der Waals surface area contributed by atoms with Crippen molar-refractivity contribution in [2.45, 2.75) is 13.3 Å². The summed E-state index contributed by atoms with van der Waals surface area (Å²) in [6.07, 6.45) is 2.87. The van der Waals surface area contributed by atoms with Crippen LogP contribution in [0.25, 0.3) is 21.5 Å². The third kappa shape index (κ3) is 2.35. The van der Waals surface area contributed by atoms with Crippen molar-refractivity contribution in [1.82, 2.24) is 4.98 Å².